The van der Waals surface area contributed by atoms with Crippen LogP contribution in [-0.4, -0.2) is 22.7 Å². The summed E-state index contributed by atoms with van der Waals surface area (Å²) in [6.45, 7) is 1.77. The smallest absolute Gasteiger partial charge is 0.323 e. The van der Waals surface area contributed by atoms with E-state index < -0.39 is 0 Å². The molecular weight excluding hydrogens is 416 g/mol. The number of anilines is 2. The number of rotatable bonds is 6. The third-order valence-corrected chi connectivity index (χ3v) is 5.42. The number of aromatic nitrogens is 2. The molecule has 0 aliphatic rings. The van der Waals surface area contributed by atoms with Gasteiger partial charge in [0.15, 0.2) is 5.65 Å². The first-order valence-corrected chi connectivity index (χ1v) is 10.4. The predicted octanol–water partition coefficient (Wildman–Crippen LogP) is 4.54. The Kier molecular flexibility index (Phi) is 5.94. The predicted molar refractivity (Wildman–Crippen MR) is 120 cm³/mol. The quantitative estimate of drug-likeness (QED) is 0.431. The van der Waals surface area contributed by atoms with E-state index >= 15 is 0 Å². The van der Waals surface area contributed by atoms with Gasteiger partial charge in [-0.05, 0) is 55.5 Å². The molecule has 2 aromatic carbocycles. The van der Waals surface area contributed by atoms with Gasteiger partial charge in [0, 0.05) is 34.2 Å². The van der Waals surface area contributed by atoms with Gasteiger partial charge in [0.2, 0.25) is 0 Å². The summed E-state index contributed by atoms with van der Waals surface area (Å²) >= 11 is 1.55. The second-order valence-electron chi connectivity index (χ2n) is 6.71. The highest BCUT2D eigenvalue weighted by Gasteiger charge is 2.08. The number of nitrogens with one attached hydrogen (secondary N) is 2. The fraction of sp³-hybridized carbons (Fsp3) is 0.136. The minimum absolute atomic E-state index is 0.240. The van der Waals surface area contributed by atoms with Crippen LogP contribution in [0.1, 0.15) is 11.5 Å². The summed E-state index contributed by atoms with van der Waals surface area (Å²) in [5.41, 5.74) is 2.27. The number of nitrogens with zero attached hydrogens (tertiary/aromatic N) is 2. The van der Waals surface area contributed by atoms with Crippen LogP contribution in [0.15, 0.2) is 74.9 Å². The van der Waals surface area contributed by atoms with E-state index in [0.717, 1.165) is 10.6 Å². The molecule has 2 amide bonds. The van der Waals surface area contributed by atoms with Gasteiger partial charge in [-0.3, -0.25) is 4.79 Å². The summed E-state index contributed by atoms with van der Waals surface area (Å²) < 4.78 is 11.6. The van der Waals surface area contributed by atoms with Gasteiger partial charge in [0.25, 0.3) is 5.56 Å². The average molecular weight is 436 g/mol. The number of ether oxygens (including phenoxy) is 1. The Balaban J connectivity index is 1.33. The van der Waals surface area contributed by atoms with Crippen LogP contribution in [0.3, 0.4) is 0 Å². The number of fused-ring (bicyclic) bond motifs is 1. The van der Waals surface area contributed by atoms with Gasteiger partial charge in [-0.15, -0.1) is 16.3 Å². The number of thioether (sulfide) groups is 1. The lowest BCUT2D eigenvalue weighted by molar-refractivity contribution is 0.262. The Morgan fingerprint density at radius 3 is 2.35 bits per heavy atom. The molecule has 158 valence electrons. The summed E-state index contributed by atoms with van der Waals surface area (Å²) in [6.07, 6.45) is 0. The largest absolute Gasteiger partial charge is 0.497 e. The summed E-state index contributed by atoms with van der Waals surface area (Å²) in [7, 11) is 1.59. The number of aryl methyl sites for hydroxylation is 1. The average Bonchev–Trinajstić information content (AvgIpc) is 3.14. The standard InChI is InChI=1S/C22H20N4O4S/c1-14-11-20-23-17(12-21(27)26(20)30-14)13-31-19-9-5-16(6-10-19)25-22(28)24-15-3-7-18(29-2)8-4-15/h3-12H,13H2,1-2H3,(H2,24,25,28). The minimum Gasteiger partial charge on any atom is -0.497 e. The molecule has 0 spiro atoms. The maximum absolute atomic E-state index is 12.2. The maximum atomic E-state index is 12.2. The van der Waals surface area contributed by atoms with E-state index in [4.69, 9.17) is 9.26 Å². The topological polar surface area (TPSA) is 97.9 Å². The Morgan fingerprint density at radius 1 is 1.06 bits per heavy atom. The number of benzene rings is 2. The summed E-state index contributed by atoms with van der Waals surface area (Å²) in [4.78, 5) is 29.7. The van der Waals surface area contributed by atoms with E-state index in [0.29, 0.717) is 34.2 Å². The Labute approximate surface area is 182 Å². The molecule has 0 aliphatic carbocycles. The number of amides is 2. The fourth-order valence-electron chi connectivity index (χ4n) is 2.91. The number of methoxy groups -OCH3 is 1. The first kappa shape index (κ1) is 20.5. The second-order valence-corrected chi connectivity index (χ2v) is 7.75. The molecule has 0 bridgehead atoms. The molecule has 2 heterocycles. The molecular formula is C22H20N4O4S. The van der Waals surface area contributed by atoms with Crippen molar-refractivity contribution in [3.8, 4) is 5.75 Å². The third-order valence-electron chi connectivity index (χ3n) is 4.37. The zero-order valence-corrected chi connectivity index (χ0v) is 17.7. The van der Waals surface area contributed by atoms with Gasteiger partial charge in [-0.1, -0.05) is 0 Å². The molecule has 8 nitrogen and oxygen atoms in total. The molecule has 0 saturated carbocycles. The van der Waals surface area contributed by atoms with Crippen molar-refractivity contribution in [3.05, 3.63) is 82.5 Å². The van der Waals surface area contributed by atoms with E-state index in [1.165, 1.54) is 10.6 Å². The highest BCUT2D eigenvalue weighted by molar-refractivity contribution is 7.98. The van der Waals surface area contributed by atoms with Crippen LogP contribution < -0.4 is 20.9 Å². The Bertz CT molecular complexity index is 1260. The first-order valence-electron chi connectivity index (χ1n) is 9.45. The van der Waals surface area contributed by atoms with Gasteiger partial charge in [-0.2, -0.15) is 0 Å². The van der Waals surface area contributed by atoms with Crippen LogP contribution in [0.25, 0.3) is 5.65 Å². The number of carbonyl (C=O) groups is 1. The maximum Gasteiger partial charge on any atom is 0.323 e. The molecule has 0 fully saturated rings. The molecule has 0 atom stereocenters. The normalized spacial score (nSPS) is 10.8. The van der Waals surface area contributed by atoms with Gasteiger partial charge in [0.1, 0.15) is 11.5 Å². The van der Waals surface area contributed by atoms with Gasteiger partial charge < -0.3 is 19.9 Å². The van der Waals surface area contributed by atoms with E-state index in [1.54, 1.807) is 56.1 Å². The van der Waals surface area contributed by atoms with Crippen LogP contribution in [0.4, 0.5) is 16.2 Å². The highest BCUT2D eigenvalue weighted by Crippen LogP contribution is 2.24. The summed E-state index contributed by atoms with van der Waals surface area (Å²) in [5.74, 6) is 1.90. The van der Waals surface area contributed by atoms with Crippen molar-refractivity contribution in [2.45, 2.75) is 17.6 Å². The molecule has 4 rings (SSSR count). The lowest BCUT2D eigenvalue weighted by atomic mass is 10.3. The zero-order chi connectivity index (χ0) is 21.8. The van der Waals surface area contributed by atoms with Crippen LogP contribution >= 0.6 is 11.8 Å². The number of hydrogen-bond acceptors (Lipinski definition) is 6. The first-order chi connectivity index (χ1) is 15.0. The fourth-order valence-corrected chi connectivity index (χ4v) is 3.70. The third kappa shape index (κ3) is 5.07. The van der Waals surface area contributed by atoms with Crippen molar-refractivity contribution in [2.24, 2.45) is 0 Å². The molecule has 2 aromatic heterocycles. The Morgan fingerprint density at radius 2 is 1.71 bits per heavy atom. The minimum atomic E-state index is -0.334. The molecule has 0 unspecified atom stereocenters. The summed E-state index contributed by atoms with van der Waals surface area (Å²) in [6, 6.07) is 17.4. The molecule has 0 saturated heterocycles. The zero-order valence-electron chi connectivity index (χ0n) is 16.9. The number of hydrogen-bond donors (Lipinski definition) is 2. The van der Waals surface area contributed by atoms with Crippen LogP contribution in [0.2, 0.25) is 0 Å². The molecule has 0 aliphatic heterocycles. The molecule has 2 N–H and O–H groups in total. The van der Waals surface area contributed by atoms with Gasteiger partial charge >= 0.3 is 6.03 Å². The van der Waals surface area contributed by atoms with Crippen molar-refractivity contribution >= 4 is 34.8 Å². The molecule has 4 aromatic rings. The van der Waals surface area contributed by atoms with Crippen molar-refractivity contribution in [2.75, 3.05) is 17.7 Å². The lowest BCUT2D eigenvalue weighted by Crippen LogP contribution is -2.19. The van der Waals surface area contributed by atoms with Crippen molar-refractivity contribution in [1.29, 1.82) is 0 Å². The molecule has 31 heavy (non-hydrogen) atoms. The SMILES string of the molecule is COc1ccc(NC(=O)Nc2ccc(SCc3cc(=O)n4oc(C)cc4n3)cc2)cc1. The molecule has 0 radical (unpaired) electrons. The van der Waals surface area contributed by atoms with Crippen molar-refractivity contribution in [3.63, 3.8) is 0 Å². The number of carbonyl (C=O) groups excluding carboxylic acids is 1. The van der Waals surface area contributed by atoms with E-state index in [2.05, 4.69) is 15.6 Å². The van der Waals surface area contributed by atoms with E-state index in [9.17, 15) is 9.59 Å². The van der Waals surface area contributed by atoms with Crippen molar-refractivity contribution < 1.29 is 14.1 Å². The summed E-state index contributed by atoms with van der Waals surface area (Å²) in [5, 5.41) is 5.56. The van der Waals surface area contributed by atoms with Crippen LogP contribution in [0.5, 0.6) is 5.75 Å². The highest BCUT2D eigenvalue weighted by atomic mass is 32.2. The monoisotopic (exact) mass is 436 g/mol. The van der Waals surface area contributed by atoms with E-state index in [1.807, 2.05) is 24.3 Å². The van der Waals surface area contributed by atoms with Gasteiger partial charge in [-0.25, -0.2) is 9.78 Å². The lowest BCUT2D eigenvalue weighted by Gasteiger charge is -2.09. The Hall–Kier alpha value is -3.72. The number of urea groups is 1. The molecule has 9 heteroatoms. The van der Waals surface area contributed by atoms with E-state index in [-0.39, 0.29) is 11.6 Å². The second kappa shape index (κ2) is 8.97. The van der Waals surface area contributed by atoms with Crippen LogP contribution in [-0.2, 0) is 5.75 Å². The van der Waals surface area contributed by atoms with Crippen LogP contribution in [0, 0.1) is 6.92 Å². The van der Waals surface area contributed by atoms with Crippen molar-refractivity contribution in [1.82, 2.24) is 9.56 Å². The van der Waals surface area contributed by atoms with Gasteiger partial charge in [0.05, 0.1) is 12.8 Å².